The summed E-state index contributed by atoms with van der Waals surface area (Å²) in [5.41, 5.74) is 0.637. The van der Waals surface area contributed by atoms with E-state index in [4.69, 9.17) is 0 Å². The Balaban J connectivity index is 1.55. The normalized spacial score (nSPS) is 51.7. The predicted octanol–water partition coefficient (Wildman–Crippen LogP) is 4.98. The fourth-order valence-corrected chi connectivity index (χ4v) is 8.81. The molecular formula is C25H42O3. The van der Waals surface area contributed by atoms with E-state index < -0.39 is 0 Å². The van der Waals surface area contributed by atoms with Crippen molar-refractivity contribution in [2.45, 2.75) is 104 Å². The SMILES string of the molecule is CC(=O)CC[C@@H](C)[C@H]1CC[C@H]2C3[C@H](O)CC4C[C@H](O)CC[C@]4(C)[C@H]3CC[C@]12C. The molecule has 4 aliphatic rings. The van der Waals surface area contributed by atoms with Gasteiger partial charge in [-0.25, -0.2) is 0 Å². The summed E-state index contributed by atoms with van der Waals surface area (Å²) < 4.78 is 0. The molecule has 0 saturated heterocycles. The van der Waals surface area contributed by atoms with Gasteiger partial charge in [-0.2, -0.15) is 0 Å². The third kappa shape index (κ3) is 3.20. The van der Waals surface area contributed by atoms with Crippen LogP contribution in [0.4, 0.5) is 0 Å². The molecule has 2 N–H and O–H groups in total. The van der Waals surface area contributed by atoms with Gasteiger partial charge in [0, 0.05) is 6.42 Å². The Morgan fingerprint density at radius 1 is 1.00 bits per heavy atom. The van der Waals surface area contributed by atoms with E-state index in [9.17, 15) is 15.0 Å². The minimum absolute atomic E-state index is 0.159. The first-order valence-electron chi connectivity index (χ1n) is 12.0. The number of hydrogen-bond acceptors (Lipinski definition) is 3. The first kappa shape index (κ1) is 20.8. The Bertz CT molecular complexity index is 603. The van der Waals surface area contributed by atoms with Crippen LogP contribution >= 0.6 is 0 Å². The lowest BCUT2D eigenvalue weighted by molar-refractivity contribution is -0.174. The zero-order valence-corrected chi connectivity index (χ0v) is 18.5. The van der Waals surface area contributed by atoms with Crippen molar-refractivity contribution in [3.8, 4) is 0 Å². The highest BCUT2D eigenvalue weighted by atomic mass is 16.3. The van der Waals surface area contributed by atoms with Crippen LogP contribution in [0.15, 0.2) is 0 Å². The van der Waals surface area contributed by atoms with Crippen LogP contribution in [0.25, 0.3) is 0 Å². The quantitative estimate of drug-likeness (QED) is 0.711. The molecule has 0 radical (unpaired) electrons. The summed E-state index contributed by atoms with van der Waals surface area (Å²) in [5.74, 6) is 3.81. The topological polar surface area (TPSA) is 57.5 Å². The highest BCUT2D eigenvalue weighted by Crippen LogP contribution is 2.68. The summed E-state index contributed by atoms with van der Waals surface area (Å²) in [6.07, 6.45) is 10.3. The summed E-state index contributed by atoms with van der Waals surface area (Å²) in [7, 11) is 0. The number of Topliss-reactive ketones (excluding diaryl/α,β-unsaturated/α-hetero) is 1. The van der Waals surface area contributed by atoms with Crippen molar-refractivity contribution >= 4 is 5.78 Å². The van der Waals surface area contributed by atoms with Gasteiger partial charge in [-0.1, -0.05) is 20.8 Å². The average molecular weight is 391 g/mol. The summed E-state index contributed by atoms with van der Waals surface area (Å²) in [6.45, 7) is 9.08. The Kier molecular flexibility index (Phi) is 5.49. The Morgan fingerprint density at radius 3 is 2.39 bits per heavy atom. The zero-order valence-electron chi connectivity index (χ0n) is 18.5. The molecule has 4 aliphatic carbocycles. The summed E-state index contributed by atoms with van der Waals surface area (Å²) in [6, 6.07) is 0. The van der Waals surface area contributed by atoms with Crippen LogP contribution in [0.1, 0.15) is 91.9 Å². The molecule has 2 unspecified atom stereocenters. The molecule has 10 atom stereocenters. The highest BCUT2D eigenvalue weighted by molar-refractivity contribution is 5.75. The molecule has 4 saturated carbocycles. The monoisotopic (exact) mass is 390 g/mol. The van der Waals surface area contributed by atoms with Gasteiger partial charge in [0.15, 0.2) is 0 Å². The van der Waals surface area contributed by atoms with Crippen molar-refractivity contribution in [2.24, 2.45) is 46.3 Å². The second-order valence-corrected chi connectivity index (χ2v) is 11.7. The van der Waals surface area contributed by atoms with Crippen LogP contribution in [0.2, 0.25) is 0 Å². The Labute approximate surface area is 171 Å². The van der Waals surface area contributed by atoms with Crippen LogP contribution in [0.5, 0.6) is 0 Å². The molecule has 0 aromatic carbocycles. The molecule has 0 aliphatic heterocycles. The number of hydrogen-bond donors (Lipinski definition) is 2. The zero-order chi connectivity index (χ0) is 20.3. The molecule has 0 amide bonds. The number of carbonyl (C=O) groups excluding carboxylic acids is 1. The molecule has 0 heterocycles. The van der Waals surface area contributed by atoms with Crippen LogP contribution in [-0.4, -0.2) is 28.2 Å². The maximum Gasteiger partial charge on any atom is 0.129 e. The fourth-order valence-electron chi connectivity index (χ4n) is 8.81. The number of aliphatic hydroxyl groups is 2. The molecule has 4 rings (SSSR count). The number of rotatable bonds is 4. The van der Waals surface area contributed by atoms with Gasteiger partial charge in [-0.05, 0) is 111 Å². The van der Waals surface area contributed by atoms with Gasteiger partial charge in [0.2, 0.25) is 0 Å². The van der Waals surface area contributed by atoms with E-state index in [0.29, 0.717) is 52.1 Å². The molecule has 3 heteroatoms. The van der Waals surface area contributed by atoms with Crippen LogP contribution in [0.3, 0.4) is 0 Å². The fraction of sp³-hybridized carbons (Fsp3) is 0.960. The molecule has 4 fully saturated rings. The highest BCUT2D eigenvalue weighted by Gasteiger charge is 2.62. The van der Waals surface area contributed by atoms with Crippen LogP contribution < -0.4 is 0 Å². The van der Waals surface area contributed by atoms with E-state index in [1.54, 1.807) is 6.92 Å². The van der Waals surface area contributed by atoms with Crippen LogP contribution in [-0.2, 0) is 4.79 Å². The third-order valence-electron chi connectivity index (χ3n) is 10.4. The van der Waals surface area contributed by atoms with Crippen molar-refractivity contribution in [3.05, 3.63) is 0 Å². The van der Waals surface area contributed by atoms with Crippen LogP contribution in [0, 0.1) is 46.3 Å². The lowest BCUT2D eigenvalue weighted by Gasteiger charge is -2.62. The van der Waals surface area contributed by atoms with E-state index in [0.717, 1.165) is 38.5 Å². The van der Waals surface area contributed by atoms with Crippen molar-refractivity contribution in [1.29, 1.82) is 0 Å². The van der Waals surface area contributed by atoms with E-state index in [-0.39, 0.29) is 12.2 Å². The van der Waals surface area contributed by atoms with Gasteiger partial charge < -0.3 is 15.0 Å². The number of ketones is 1. The third-order valence-corrected chi connectivity index (χ3v) is 10.4. The maximum absolute atomic E-state index is 11.5. The van der Waals surface area contributed by atoms with Gasteiger partial charge in [0.05, 0.1) is 12.2 Å². The second kappa shape index (κ2) is 7.38. The van der Waals surface area contributed by atoms with Gasteiger partial charge >= 0.3 is 0 Å². The largest absolute Gasteiger partial charge is 0.393 e. The first-order valence-corrected chi connectivity index (χ1v) is 12.0. The van der Waals surface area contributed by atoms with E-state index in [1.165, 1.54) is 25.7 Å². The van der Waals surface area contributed by atoms with Gasteiger partial charge in [0.25, 0.3) is 0 Å². The summed E-state index contributed by atoms with van der Waals surface area (Å²) >= 11 is 0. The van der Waals surface area contributed by atoms with E-state index >= 15 is 0 Å². The smallest absolute Gasteiger partial charge is 0.129 e. The van der Waals surface area contributed by atoms with Crippen molar-refractivity contribution in [2.75, 3.05) is 0 Å². The minimum Gasteiger partial charge on any atom is -0.393 e. The van der Waals surface area contributed by atoms with Gasteiger partial charge in [-0.3, -0.25) is 0 Å². The van der Waals surface area contributed by atoms with Crippen molar-refractivity contribution in [3.63, 3.8) is 0 Å². The van der Waals surface area contributed by atoms with E-state index in [1.807, 2.05) is 0 Å². The number of carbonyl (C=O) groups is 1. The minimum atomic E-state index is -0.190. The molecule has 0 aromatic heterocycles. The molecule has 0 spiro atoms. The first-order chi connectivity index (χ1) is 13.2. The molecule has 28 heavy (non-hydrogen) atoms. The summed E-state index contributed by atoms with van der Waals surface area (Å²) in [5, 5.41) is 21.5. The molecule has 0 bridgehead atoms. The van der Waals surface area contributed by atoms with E-state index in [2.05, 4.69) is 20.8 Å². The molecular weight excluding hydrogens is 348 g/mol. The lowest BCUT2D eigenvalue weighted by Crippen LogP contribution is -2.58. The Hall–Kier alpha value is -0.410. The van der Waals surface area contributed by atoms with Gasteiger partial charge in [0.1, 0.15) is 5.78 Å². The number of fused-ring (bicyclic) bond motifs is 5. The van der Waals surface area contributed by atoms with Crippen molar-refractivity contribution < 1.29 is 15.0 Å². The average Bonchev–Trinajstić information content (AvgIpc) is 2.98. The Morgan fingerprint density at radius 2 is 1.68 bits per heavy atom. The van der Waals surface area contributed by atoms with Crippen molar-refractivity contribution in [1.82, 2.24) is 0 Å². The van der Waals surface area contributed by atoms with Gasteiger partial charge in [-0.15, -0.1) is 0 Å². The lowest BCUT2D eigenvalue weighted by atomic mass is 9.43. The maximum atomic E-state index is 11.5. The standard InChI is InChI=1S/C25H42O3/c1-15(5-6-16(2)26)19-7-8-20-23-21(10-12-25(19,20)4)24(3)11-9-18(27)13-17(24)14-22(23)28/h15,17-23,27-28H,5-14H2,1-4H3/t15-,17?,18-,19-,20+,21+,22-,23?,24+,25-/m1/s1. The summed E-state index contributed by atoms with van der Waals surface area (Å²) in [4.78, 5) is 11.5. The molecule has 3 nitrogen and oxygen atoms in total. The molecule has 0 aromatic rings. The molecule has 160 valence electrons. The predicted molar refractivity (Wildman–Crippen MR) is 112 cm³/mol. The number of aliphatic hydroxyl groups excluding tert-OH is 2. The second-order valence-electron chi connectivity index (χ2n) is 11.7.